The lowest BCUT2D eigenvalue weighted by atomic mass is 10.2. The number of methoxy groups -OCH3 is 1. The van der Waals surface area contributed by atoms with Gasteiger partial charge in [-0.1, -0.05) is 6.58 Å². The Bertz CT molecular complexity index is 550. The fraction of sp³-hybridized carbons (Fsp3) is 0.250. The Balaban J connectivity index is 3.35. The zero-order chi connectivity index (χ0) is 15.3. The Morgan fingerprint density at radius 3 is 2.45 bits per heavy atom. The van der Waals surface area contributed by atoms with Crippen molar-refractivity contribution in [1.82, 2.24) is 10.2 Å². The number of aliphatic imine (C=N–C) groups is 1. The van der Waals surface area contributed by atoms with E-state index in [-0.39, 0.29) is 11.4 Å². The van der Waals surface area contributed by atoms with Gasteiger partial charge in [0.15, 0.2) is 5.57 Å². The molecule has 0 amide bonds. The number of ether oxygens (including phenoxy) is 1. The molecule has 0 aliphatic carbocycles. The maximum atomic E-state index is 13.0. The van der Waals surface area contributed by atoms with Gasteiger partial charge < -0.3 is 4.74 Å². The van der Waals surface area contributed by atoms with Crippen molar-refractivity contribution in [3.8, 4) is 0 Å². The van der Waals surface area contributed by atoms with Crippen molar-refractivity contribution >= 4 is 5.71 Å². The van der Waals surface area contributed by atoms with Crippen LogP contribution in [0.15, 0.2) is 47.2 Å². The van der Waals surface area contributed by atoms with Gasteiger partial charge in [-0.05, 0) is 19.1 Å². The monoisotopic (exact) mass is 289 g/mol. The Morgan fingerprint density at radius 2 is 2.05 bits per heavy atom. The second-order valence-corrected chi connectivity index (χ2v) is 3.59. The smallest absolute Gasteiger partial charge is 0.424 e. The number of alkyl halides is 3. The van der Waals surface area contributed by atoms with E-state index in [9.17, 15) is 17.6 Å². The lowest BCUT2D eigenvalue weighted by Gasteiger charge is -2.12. The van der Waals surface area contributed by atoms with Gasteiger partial charge in [-0.3, -0.25) is 0 Å². The van der Waals surface area contributed by atoms with Crippen LogP contribution in [0, 0.1) is 0 Å². The third kappa shape index (κ3) is 3.87. The molecule has 0 aliphatic rings. The molecule has 1 aromatic heterocycles. The molecule has 0 aromatic carbocycles. The largest absolute Gasteiger partial charge is 0.480 e. The fourth-order valence-electron chi connectivity index (χ4n) is 1.30. The van der Waals surface area contributed by atoms with Gasteiger partial charge in [0, 0.05) is 6.20 Å². The standard InChI is InChI=1S/C12H11F4N3O/c1-7(13)10(12(14,15)16)11(20-3)18-8(2)9-5-4-6-17-19-9/h4-6H,1H2,2-3H3/b11-10-,18-8+. The molecule has 0 N–H and O–H groups in total. The van der Waals surface area contributed by atoms with Crippen molar-refractivity contribution in [3.63, 3.8) is 0 Å². The lowest BCUT2D eigenvalue weighted by molar-refractivity contribution is -0.0943. The highest BCUT2D eigenvalue weighted by molar-refractivity contribution is 5.97. The van der Waals surface area contributed by atoms with Crippen LogP contribution in [0.2, 0.25) is 0 Å². The minimum Gasteiger partial charge on any atom is -0.480 e. The summed E-state index contributed by atoms with van der Waals surface area (Å²) in [6.07, 6.45) is -3.57. The number of hydrogen-bond donors (Lipinski definition) is 0. The van der Waals surface area contributed by atoms with Crippen molar-refractivity contribution in [2.45, 2.75) is 13.1 Å². The average molecular weight is 289 g/mol. The topological polar surface area (TPSA) is 47.4 Å². The summed E-state index contributed by atoms with van der Waals surface area (Å²) in [4.78, 5) is 3.60. The minimum atomic E-state index is -4.97. The zero-order valence-electron chi connectivity index (χ0n) is 10.7. The highest BCUT2D eigenvalue weighted by Crippen LogP contribution is 2.34. The molecule has 0 fully saturated rings. The Kier molecular flexibility index (Phi) is 4.95. The molecule has 0 aliphatic heterocycles. The highest BCUT2D eigenvalue weighted by Gasteiger charge is 2.40. The molecule has 1 aromatic rings. The quantitative estimate of drug-likeness (QED) is 0.370. The third-order valence-corrected chi connectivity index (χ3v) is 2.17. The average Bonchev–Trinajstić information content (AvgIpc) is 2.36. The summed E-state index contributed by atoms with van der Waals surface area (Å²) >= 11 is 0. The van der Waals surface area contributed by atoms with Gasteiger partial charge >= 0.3 is 6.18 Å². The molecule has 0 radical (unpaired) electrons. The van der Waals surface area contributed by atoms with Crippen molar-refractivity contribution in [2.75, 3.05) is 7.11 Å². The molecule has 0 spiro atoms. The van der Waals surface area contributed by atoms with E-state index in [2.05, 4.69) is 26.5 Å². The normalized spacial score (nSPS) is 13.8. The number of rotatable bonds is 4. The van der Waals surface area contributed by atoms with Crippen LogP contribution in [0.4, 0.5) is 17.6 Å². The number of hydrogen-bond acceptors (Lipinski definition) is 4. The summed E-state index contributed by atoms with van der Waals surface area (Å²) in [6.45, 7) is 4.05. The third-order valence-electron chi connectivity index (χ3n) is 2.17. The van der Waals surface area contributed by atoms with E-state index >= 15 is 0 Å². The predicted molar refractivity (Wildman–Crippen MR) is 64.6 cm³/mol. The maximum absolute atomic E-state index is 13.0. The minimum absolute atomic E-state index is 0.0953. The van der Waals surface area contributed by atoms with Gasteiger partial charge in [0.25, 0.3) is 0 Å². The molecule has 0 saturated heterocycles. The predicted octanol–water partition coefficient (Wildman–Crippen LogP) is 3.19. The van der Waals surface area contributed by atoms with Crippen LogP contribution in [0.5, 0.6) is 0 Å². The number of aromatic nitrogens is 2. The number of halogens is 4. The van der Waals surface area contributed by atoms with Gasteiger partial charge in [-0.15, -0.1) is 5.10 Å². The second kappa shape index (κ2) is 6.27. The van der Waals surface area contributed by atoms with Crippen LogP contribution >= 0.6 is 0 Å². The highest BCUT2D eigenvalue weighted by atomic mass is 19.4. The van der Waals surface area contributed by atoms with Crippen molar-refractivity contribution in [2.24, 2.45) is 4.99 Å². The SMILES string of the molecule is C=C(F)/C(=C(\N=C(/C)c1cccnn1)OC)C(F)(F)F. The van der Waals surface area contributed by atoms with E-state index < -0.39 is 23.5 Å². The van der Waals surface area contributed by atoms with Crippen LogP contribution in [0.3, 0.4) is 0 Å². The molecule has 1 rings (SSSR count). The maximum Gasteiger partial charge on any atom is 0.424 e. The van der Waals surface area contributed by atoms with Crippen molar-refractivity contribution in [3.05, 3.63) is 47.9 Å². The van der Waals surface area contributed by atoms with E-state index in [1.165, 1.54) is 25.3 Å². The summed E-state index contributed by atoms with van der Waals surface area (Å²) in [5, 5.41) is 7.24. The molecule has 4 nitrogen and oxygen atoms in total. The molecule has 0 bridgehead atoms. The van der Waals surface area contributed by atoms with Crippen LogP contribution in [0.25, 0.3) is 0 Å². The summed E-state index contributed by atoms with van der Waals surface area (Å²) < 4.78 is 55.7. The fourth-order valence-corrected chi connectivity index (χ4v) is 1.30. The van der Waals surface area contributed by atoms with E-state index in [4.69, 9.17) is 0 Å². The molecule has 0 saturated carbocycles. The summed E-state index contributed by atoms with van der Waals surface area (Å²) in [7, 11) is 0.956. The first-order valence-electron chi connectivity index (χ1n) is 5.31. The van der Waals surface area contributed by atoms with E-state index in [0.717, 1.165) is 7.11 Å². The molecule has 0 atom stereocenters. The summed E-state index contributed by atoms with van der Waals surface area (Å²) in [5.74, 6) is -2.60. The summed E-state index contributed by atoms with van der Waals surface area (Å²) in [6, 6.07) is 3.03. The summed E-state index contributed by atoms with van der Waals surface area (Å²) in [5.41, 5.74) is -1.32. The first kappa shape index (κ1) is 15.8. The number of nitrogens with zero attached hydrogens (tertiary/aromatic N) is 3. The van der Waals surface area contributed by atoms with E-state index in [1.54, 1.807) is 0 Å². The molecular weight excluding hydrogens is 278 g/mol. The molecular formula is C12H11F4N3O. The molecule has 0 unspecified atom stereocenters. The zero-order valence-corrected chi connectivity index (χ0v) is 10.7. The lowest BCUT2D eigenvalue weighted by Crippen LogP contribution is -2.16. The molecule has 1 heterocycles. The van der Waals surface area contributed by atoms with Crippen molar-refractivity contribution in [1.29, 1.82) is 0 Å². The van der Waals surface area contributed by atoms with E-state index in [1.807, 2.05) is 0 Å². The van der Waals surface area contributed by atoms with Crippen LogP contribution in [-0.4, -0.2) is 29.2 Å². The van der Waals surface area contributed by atoms with Crippen LogP contribution < -0.4 is 0 Å². The second-order valence-electron chi connectivity index (χ2n) is 3.59. The van der Waals surface area contributed by atoms with Crippen LogP contribution in [0.1, 0.15) is 12.6 Å². The van der Waals surface area contributed by atoms with Gasteiger partial charge in [-0.25, -0.2) is 9.38 Å². The Morgan fingerprint density at radius 1 is 1.40 bits per heavy atom. The molecule has 8 heteroatoms. The van der Waals surface area contributed by atoms with Crippen molar-refractivity contribution < 1.29 is 22.3 Å². The van der Waals surface area contributed by atoms with Gasteiger partial charge in [-0.2, -0.15) is 18.3 Å². The number of allylic oxidation sites excluding steroid dienone is 2. The van der Waals surface area contributed by atoms with E-state index in [0.29, 0.717) is 0 Å². The Hall–Kier alpha value is -2.25. The Labute approximate surface area is 112 Å². The van der Waals surface area contributed by atoms with Gasteiger partial charge in [0.1, 0.15) is 11.5 Å². The first-order valence-corrected chi connectivity index (χ1v) is 5.31. The van der Waals surface area contributed by atoms with Gasteiger partial charge in [0.2, 0.25) is 5.88 Å². The molecule has 108 valence electrons. The van der Waals surface area contributed by atoms with Gasteiger partial charge in [0.05, 0.1) is 12.8 Å². The van der Waals surface area contributed by atoms with Crippen LogP contribution in [-0.2, 0) is 4.74 Å². The molecule has 20 heavy (non-hydrogen) atoms. The first-order chi connectivity index (χ1) is 9.27.